The van der Waals surface area contributed by atoms with Crippen LogP contribution in [0.1, 0.15) is 11.1 Å². The fourth-order valence-corrected chi connectivity index (χ4v) is 10.8. The summed E-state index contributed by atoms with van der Waals surface area (Å²) >= 11 is 27.3. The molecule has 25 heavy (non-hydrogen) atoms. The lowest BCUT2D eigenvalue weighted by Gasteiger charge is -2.26. The van der Waals surface area contributed by atoms with E-state index in [-0.39, 0.29) is 0 Å². The zero-order chi connectivity index (χ0) is 19.0. The predicted octanol–water partition coefficient (Wildman–Crippen LogP) is 8.21. The monoisotopic (exact) mass is 781 g/mol. The first-order valence-electron chi connectivity index (χ1n) is 6.45. The van der Waals surface area contributed by atoms with E-state index in [1.165, 1.54) is 0 Å². The van der Waals surface area contributed by atoms with Crippen molar-refractivity contribution in [2.45, 2.75) is 14.1 Å². The minimum atomic E-state index is -3.79. The van der Waals surface area contributed by atoms with Crippen LogP contribution >= 0.6 is 113 Å². The van der Waals surface area contributed by atoms with Gasteiger partial charge in [-0.3, -0.25) is 0 Å². The second-order valence-electron chi connectivity index (χ2n) is 4.75. The van der Waals surface area contributed by atoms with Crippen molar-refractivity contribution in [1.82, 2.24) is 0 Å². The summed E-state index contributed by atoms with van der Waals surface area (Å²) < 4.78 is -1.44. The molecule has 0 atom stereocenters. The molecule has 0 amide bonds. The van der Waals surface area contributed by atoms with Crippen LogP contribution < -0.4 is 0 Å². The predicted molar refractivity (Wildman–Crippen MR) is 131 cm³/mol. The van der Waals surface area contributed by atoms with Gasteiger partial charge in [-0.2, -0.15) is 0 Å². The molecule has 0 saturated heterocycles. The summed E-state index contributed by atoms with van der Waals surface area (Å²) in [5.74, 6) is -3.79. The van der Waals surface area contributed by atoms with Crippen LogP contribution in [0, 0.1) is 0 Å². The van der Waals surface area contributed by atoms with Crippen LogP contribution in [-0.4, -0.2) is 9.79 Å². The Kier molecular flexibility index (Phi) is 8.48. The lowest BCUT2D eigenvalue weighted by atomic mass is 10.2. The molecule has 0 aromatic heterocycles. The van der Waals surface area contributed by atoms with E-state index in [2.05, 4.69) is 95.6 Å². The van der Waals surface area contributed by atoms with Gasteiger partial charge in [0.1, 0.15) is 0 Å². The van der Waals surface area contributed by atoms with E-state index < -0.39 is 20.2 Å². The standard InChI is InChI=1S/C14H10Br6ClO2PS/c15-13(16,17)9-5-1-3-7-11(9)25(24(21,22)23)12-8-4-2-6-10(12)14(18,19)20/h1-8,22-23H. The minimum absolute atomic E-state index is 0.714. The molecule has 0 aliphatic carbocycles. The van der Waals surface area contributed by atoms with Gasteiger partial charge in [-0.05, 0) is 23.4 Å². The third-order valence-corrected chi connectivity index (χ3v) is 11.4. The number of hydrogen-bond donors (Lipinski definition) is 2. The molecular weight excluding hydrogens is 778 g/mol. The molecule has 2 aromatic rings. The van der Waals surface area contributed by atoms with Crippen LogP contribution in [0.25, 0.3) is 0 Å². The smallest absolute Gasteiger partial charge is 0.244 e. The topological polar surface area (TPSA) is 40.5 Å². The number of hydrogen-bond acceptors (Lipinski definition) is 0. The second-order valence-corrected chi connectivity index (χ2v) is 25.3. The Morgan fingerprint density at radius 3 is 1.32 bits per heavy atom. The highest BCUT2D eigenvalue weighted by Gasteiger charge is 2.32. The Balaban J connectivity index is 2.91. The van der Waals surface area contributed by atoms with Gasteiger partial charge in [0, 0.05) is 20.9 Å². The SMILES string of the molecule is OP(O)(Cl)=S(c1ccccc1C(Br)(Br)Br)c1ccccc1C(Br)(Br)Br. The van der Waals surface area contributed by atoms with Gasteiger partial charge in [0.2, 0.25) is 5.84 Å². The van der Waals surface area contributed by atoms with Gasteiger partial charge >= 0.3 is 0 Å². The van der Waals surface area contributed by atoms with Gasteiger partial charge in [0.25, 0.3) is 0 Å². The van der Waals surface area contributed by atoms with E-state index in [0.29, 0.717) is 9.79 Å². The Bertz CT molecular complexity index is 776. The lowest BCUT2D eigenvalue weighted by molar-refractivity contribution is 0.499. The maximum atomic E-state index is 10.5. The number of alkyl halides is 6. The third-order valence-electron chi connectivity index (χ3n) is 3.03. The quantitative estimate of drug-likeness (QED) is 0.238. The van der Waals surface area contributed by atoms with Crippen molar-refractivity contribution >= 4 is 123 Å². The van der Waals surface area contributed by atoms with E-state index >= 15 is 0 Å². The van der Waals surface area contributed by atoms with Gasteiger partial charge in [0.05, 0.1) is 0 Å². The Labute approximate surface area is 203 Å². The first-order chi connectivity index (χ1) is 11.3. The van der Waals surface area contributed by atoms with E-state index in [1.807, 2.05) is 48.5 Å². The highest BCUT2D eigenvalue weighted by molar-refractivity contribution is 9.39. The summed E-state index contributed by atoms with van der Waals surface area (Å²) in [4.78, 5) is 22.5. The second kappa shape index (κ2) is 8.99. The molecule has 0 bridgehead atoms. The van der Waals surface area contributed by atoms with E-state index in [0.717, 1.165) is 11.1 Å². The summed E-state index contributed by atoms with van der Waals surface area (Å²) in [7, 11) is -1.18. The van der Waals surface area contributed by atoms with E-state index in [9.17, 15) is 9.79 Å². The molecule has 0 radical (unpaired) electrons. The summed E-state index contributed by atoms with van der Waals surface area (Å²) in [5, 5.41) is 0. The van der Waals surface area contributed by atoms with Crippen molar-refractivity contribution in [1.29, 1.82) is 0 Å². The first kappa shape index (κ1) is 23.6. The fraction of sp³-hybridized carbons (Fsp3) is 0.143. The molecule has 2 rings (SSSR count). The average Bonchev–Trinajstić information content (AvgIpc) is 2.45. The van der Waals surface area contributed by atoms with Crippen LogP contribution in [0.2, 0.25) is 0 Å². The van der Waals surface area contributed by atoms with E-state index in [1.54, 1.807) is 0 Å². The van der Waals surface area contributed by atoms with Crippen LogP contribution in [0.15, 0.2) is 58.3 Å². The Hall–Kier alpha value is 2.31. The van der Waals surface area contributed by atoms with Gasteiger partial charge in [-0.25, -0.2) is 0 Å². The van der Waals surface area contributed by atoms with E-state index in [4.69, 9.17) is 11.2 Å². The highest BCUT2D eigenvalue weighted by atomic mass is 80.0. The maximum absolute atomic E-state index is 10.5. The van der Waals surface area contributed by atoms with Crippen molar-refractivity contribution in [3.63, 3.8) is 0 Å². The van der Waals surface area contributed by atoms with Crippen LogP contribution in [-0.2, 0) is 14.4 Å². The molecule has 0 heterocycles. The summed E-state index contributed by atoms with van der Waals surface area (Å²) in [6.45, 7) is 0. The van der Waals surface area contributed by atoms with Crippen molar-refractivity contribution in [3.05, 3.63) is 59.7 Å². The number of halogens is 7. The van der Waals surface area contributed by atoms with Crippen molar-refractivity contribution in [2.75, 3.05) is 0 Å². The summed E-state index contributed by atoms with van der Waals surface area (Å²) in [5.41, 5.74) is 1.59. The zero-order valence-electron chi connectivity index (χ0n) is 12.0. The molecule has 0 saturated carbocycles. The molecule has 0 spiro atoms. The van der Waals surface area contributed by atoms with Crippen molar-refractivity contribution in [3.8, 4) is 0 Å². The third kappa shape index (κ3) is 6.14. The van der Waals surface area contributed by atoms with Gasteiger partial charge in [-0.15, -0.1) is 0 Å². The van der Waals surface area contributed by atoms with Gasteiger partial charge in [0.15, 0.2) is 4.29 Å². The maximum Gasteiger partial charge on any atom is 0.244 e. The molecule has 0 aliphatic heterocycles. The van der Waals surface area contributed by atoms with Crippen LogP contribution in [0.3, 0.4) is 0 Å². The largest absolute Gasteiger partial charge is 0.337 e. The number of rotatable bonds is 2. The average molecular weight is 788 g/mol. The number of benzene rings is 2. The molecule has 11 heteroatoms. The Morgan fingerprint density at radius 1 is 0.720 bits per heavy atom. The van der Waals surface area contributed by atoms with Crippen molar-refractivity contribution in [2.24, 2.45) is 0 Å². The fourth-order valence-electron chi connectivity index (χ4n) is 2.11. The first-order valence-corrected chi connectivity index (χ1v) is 15.6. The highest BCUT2D eigenvalue weighted by Crippen LogP contribution is 2.57. The molecule has 2 nitrogen and oxygen atoms in total. The minimum Gasteiger partial charge on any atom is -0.337 e. The van der Waals surface area contributed by atoms with Crippen LogP contribution in [0.4, 0.5) is 0 Å². The molecule has 0 fully saturated rings. The molecule has 2 aromatic carbocycles. The van der Waals surface area contributed by atoms with Crippen LogP contribution in [0.5, 0.6) is 0 Å². The summed E-state index contributed by atoms with van der Waals surface area (Å²) in [6, 6.07) is 14.9. The normalized spacial score (nSPS) is 13.4. The zero-order valence-corrected chi connectivity index (χ0v) is 24.0. The molecule has 138 valence electrons. The van der Waals surface area contributed by atoms with Crippen molar-refractivity contribution < 1.29 is 9.79 Å². The van der Waals surface area contributed by atoms with Gasteiger partial charge < -0.3 is 9.79 Å². The Morgan fingerprint density at radius 2 is 1.04 bits per heavy atom. The molecular formula is C14H10Br6ClO2PS. The van der Waals surface area contributed by atoms with Gasteiger partial charge in [-0.1, -0.05) is 142 Å². The lowest BCUT2D eigenvalue weighted by Crippen LogP contribution is -2.10. The molecule has 0 unspecified atom stereocenters. The molecule has 2 N–H and O–H groups in total. The summed E-state index contributed by atoms with van der Waals surface area (Å²) in [6.07, 6.45) is 0. The molecule has 0 aliphatic rings.